The molecule has 0 fully saturated rings. The van der Waals surface area contributed by atoms with Gasteiger partial charge in [0.15, 0.2) is 5.82 Å². The molecule has 2 N–H and O–H groups in total. The van der Waals surface area contributed by atoms with Crippen LogP contribution >= 0.6 is 11.6 Å². The van der Waals surface area contributed by atoms with Crippen LogP contribution in [0.4, 0.5) is 10.6 Å². The first-order valence-corrected chi connectivity index (χ1v) is 10.2. The van der Waals surface area contributed by atoms with Gasteiger partial charge in [0.25, 0.3) is 0 Å². The lowest BCUT2D eigenvalue weighted by Crippen LogP contribution is -2.18. The minimum Gasteiger partial charge on any atom is -0.437 e. The Morgan fingerprint density at radius 1 is 1.29 bits per heavy atom. The highest BCUT2D eigenvalue weighted by atomic mass is 35.5. The summed E-state index contributed by atoms with van der Waals surface area (Å²) in [5.74, 6) is 2.16. The Kier molecular flexibility index (Phi) is 4.84. The third kappa shape index (κ3) is 3.51. The Bertz CT molecular complexity index is 1300. The molecule has 31 heavy (non-hydrogen) atoms. The maximum absolute atomic E-state index is 12.8. The van der Waals surface area contributed by atoms with Gasteiger partial charge in [0, 0.05) is 36.7 Å². The number of fused-ring (bicyclic) bond motifs is 2. The van der Waals surface area contributed by atoms with Crippen LogP contribution < -0.4 is 15.4 Å². The molecule has 5 rings (SSSR count). The maximum Gasteiger partial charge on any atom is 0.331 e. The highest BCUT2D eigenvalue weighted by molar-refractivity contribution is 6.37. The van der Waals surface area contributed by atoms with Gasteiger partial charge in [-0.1, -0.05) is 30.6 Å². The normalized spacial score (nSPS) is 13.0. The fourth-order valence-electron chi connectivity index (χ4n) is 3.46. The van der Waals surface area contributed by atoms with Gasteiger partial charge in [-0.2, -0.15) is 0 Å². The minimum atomic E-state index is -0.372. The zero-order valence-electron chi connectivity index (χ0n) is 16.8. The molecule has 1 aromatic carbocycles. The summed E-state index contributed by atoms with van der Waals surface area (Å²) in [7, 11) is 0. The minimum absolute atomic E-state index is 0.176. The number of hydrogen-bond acceptors (Lipinski definition) is 7. The van der Waals surface area contributed by atoms with Gasteiger partial charge in [0.2, 0.25) is 5.88 Å². The zero-order chi connectivity index (χ0) is 21.5. The molecule has 0 bridgehead atoms. The van der Waals surface area contributed by atoms with Crippen LogP contribution in [0.1, 0.15) is 36.8 Å². The van der Waals surface area contributed by atoms with Crippen molar-refractivity contribution in [2.75, 3.05) is 5.32 Å². The van der Waals surface area contributed by atoms with E-state index in [9.17, 15) is 4.79 Å². The summed E-state index contributed by atoms with van der Waals surface area (Å²) < 4.78 is 12.7. The highest BCUT2D eigenvalue weighted by Crippen LogP contribution is 2.37. The third-order valence-corrected chi connectivity index (χ3v) is 5.51. The molecular formula is C21H19ClN6O3. The quantitative estimate of drug-likeness (QED) is 0.476. The Morgan fingerprint density at radius 2 is 2.16 bits per heavy atom. The Hall–Kier alpha value is -3.43. The van der Waals surface area contributed by atoms with Crippen LogP contribution in [0.2, 0.25) is 5.02 Å². The first kappa shape index (κ1) is 19.5. The standard InChI is InChI=1S/C21H19ClN6O3/c1-11(2)17-7-18(27-31-17)26-21(29)28-6-5-12-15(28)3-4-16(19(12)22)30-20-13-8-23-9-14(13)24-10-25-20/h3-7,10-11,23H,8-9H2,1-2H3,(H,26,27,29). The van der Waals surface area contributed by atoms with E-state index >= 15 is 0 Å². The summed E-state index contributed by atoms with van der Waals surface area (Å²) in [6.07, 6.45) is 3.12. The number of hydrogen-bond donors (Lipinski definition) is 2. The van der Waals surface area contributed by atoms with Gasteiger partial charge in [-0.25, -0.2) is 14.8 Å². The molecule has 0 saturated heterocycles. The van der Waals surface area contributed by atoms with Crippen LogP contribution in [0, 0.1) is 0 Å². The van der Waals surface area contributed by atoms with Crippen LogP contribution in [0.5, 0.6) is 11.6 Å². The second kappa shape index (κ2) is 7.68. The molecule has 0 saturated carbocycles. The average Bonchev–Trinajstić information content (AvgIpc) is 3.49. The van der Waals surface area contributed by atoms with Crippen molar-refractivity contribution in [1.82, 2.24) is 25.0 Å². The number of carbonyl (C=O) groups excluding carboxylic acids is 1. The van der Waals surface area contributed by atoms with E-state index in [0.717, 1.165) is 11.3 Å². The molecule has 9 nitrogen and oxygen atoms in total. The van der Waals surface area contributed by atoms with E-state index in [1.807, 2.05) is 13.8 Å². The molecule has 4 aromatic rings. The van der Waals surface area contributed by atoms with Crippen LogP contribution in [-0.2, 0) is 13.1 Å². The lowest BCUT2D eigenvalue weighted by molar-refractivity contribution is 0.254. The largest absolute Gasteiger partial charge is 0.437 e. The molecule has 1 aliphatic heterocycles. The van der Waals surface area contributed by atoms with Crippen LogP contribution in [0.25, 0.3) is 10.9 Å². The predicted octanol–water partition coefficient (Wildman–Crippen LogP) is 4.67. The second-order valence-electron chi connectivity index (χ2n) is 7.51. The summed E-state index contributed by atoms with van der Waals surface area (Å²) in [6.45, 7) is 5.30. The summed E-state index contributed by atoms with van der Waals surface area (Å²) in [6, 6.07) is 6.60. The van der Waals surface area contributed by atoms with E-state index in [-0.39, 0.29) is 11.9 Å². The van der Waals surface area contributed by atoms with Crippen LogP contribution in [-0.4, -0.2) is 25.7 Å². The monoisotopic (exact) mass is 438 g/mol. The molecule has 0 atom stereocenters. The lowest BCUT2D eigenvalue weighted by Gasteiger charge is -2.11. The predicted molar refractivity (Wildman–Crippen MR) is 115 cm³/mol. The number of benzene rings is 1. The van der Waals surface area contributed by atoms with E-state index in [0.29, 0.717) is 52.2 Å². The summed E-state index contributed by atoms with van der Waals surface area (Å²) in [5, 5.41) is 10.9. The van der Waals surface area contributed by atoms with E-state index in [1.54, 1.807) is 30.5 Å². The second-order valence-corrected chi connectivity index (χ2v) is 7.88. The fraction of sp³-hybridized carbons (Fsp3) is 0.238. The van der Waals surface area contributed by atoms with Crippen molar-refractivity contribution in [2.45, 2.75) is 32.9 Å². The molecule has 3 aromatic heterocycles. The Balaban J connectivity index is 1.42. The van der Waals surface area contributed by atoms with Crippen molar-refractivity contribution in [2.24, 2.45) is 0 Å². The molecule has 4 heterocycles. The molecule has 0 aliphatic carbocycles. The lowest BCUT2D eigenvalue weighted by atomic mass is 10.2. The molecule has 1 aliphatic rings. The van der Waals surface area contributed by atoms with Crippen molar-refractivity contribution in [3.05, 3.63) is 58.8 Å². The molecule has 10 heteroatoms. The number of nitrogens with zero attached hydrogens (tertiary/aromatic N) is 4. The summed E-state index contributed by atoms with van der Waals surface area (Å²) in [4.78, 5) is 21.3. The first-order chi connectivity index (χ1) is 15.0. The Morgan fingerprint density at radius 3 is 2.97 bits per heavy atom. The van der Waals surface area contributed by atoms with Gasteiger partial charge < -0.3 is 14.6 Å². The molecule has 1 amide bonds. The SMILES string of the molecule is CC(C)c1cc(NC(=O)n2ccc3c(Cl)c(Oc4ncnc5c4CNC5)ccc32)no1. The smallest absolute Gasteiger partial charge is 0.331 e. The molecule has 0 spiro atoms. The molecule has 0 radical (unpaired) electrons. The summed E-state index contributed by atoms with van der Waals surface area (Å²) in [5.41, 5.74) is 2.47. The van der Waals surface area contributed by atoms with E-state index in [1.165, 1.54) is 10.9 Å². The van der Waals surface area contributed by atoms with Crippen molar-refractivity contribution in [1.29, 1.82) is 0 Å². The van der Waals surface area contributed by atoms with E-state index in [4.69, 9.17) is 20.9 Å². The summed E-state index contributed by atoms with van der Waals surface area (Å²) >= 11 is 6.60. The molecular weight excluding hydrogens is 420 g/mol. The van der Waals surface area contributed by atoms with Gasteiger partial charge in [-0.15, -0.1) is 0 Å². The number of nitrogens with one attached hydrogen (secondary N) is 2. The van der Waals surface area contributed by atoms with Gasteiger partial charge >= 0.3 is 6.03 Å². The third-order valence-electron chi connectivity index (χ3n) is 5.12. The van der Waals surface area contributed by atoms with Crippen molar-refractivity contribution in [3.8, 4) is 11.6 Å². The van der Waals surface area contributed by atoms with Gasteiger partial charge in [0.05, 0.1) is 21.8 Å². The number of anilines is 1. The van der Waals surface area contributed by atoms with Crippen molar-refractivity contribution < 1.29 is 14.1 Å². The zero-order valence-corrected chi connectivity index (χ0v) is 17.6. The Labute approximate surface area is 182 Å². The van der Waals surface area contributed by atoms with Crippen molar-refractivity contribution >= 4 is 34.4 Å². The van der Waals surface area contributed by atoms with E-state index in [2.05, 4.69) is 25.8 Å². The maximum atomic E-state index is 12.8. The number of aromatic nitrogens is 4. The first-order valence-electron chi connectivity index (χ1n) is 9.80. The van der Waals surface area contributed by atoms with Gasteiger partial charge in [-0.05, 0) is 18.2 Å². The fourth-order valence-corrected chi connectivity index (χ4v) is 3.73. The highest BCUT2D eigenvalue weighted by Gasteiger charge is 2.20. The number of rotatable bonds is 4. The molecule has 158 valence electrons. The number of carbonyl (C=O) groups is 1. The van der Waals surface area contributed by atoms with Crippen LogP contribution in [0.15, 0.2) is 41.3 Å². The van der Waals surface area contributed by atoms with E-state index < -0.39 is 0 Å². The topological polar surface area (TPSA) is 107 Å². The number of halogens is 1. The van der Waals surface area contributed by atoms with Gasteiger partial charge in [0.1, 0.15) is 17.8 Å². The number of amides is 1. The van der Waals surface area contributed by atoms with Crippen LogP contribution in [0.3, 0.4) is 0 Å². The van der Waals surface area contributed by atoms with Gasteiger partial charge in [-0.3, -0.25) is 9.88 Å². The average molecular weight is 439 g/mol. The van der Waals surface area contributed by atoms with Crippen molar-refractivity contribution in [3.63, 3.8) is 0 Å². The number of ether oxygens (including phenoxy) is 1. The molecule has 0 unspecified atom stereocenters.